The zero-order chi connectivity index (χ0) is 13.4. The summed E-state index contributed by atoms with van der Waals surface area (Å²) in [6.07, 6.45) is 2.07. The number of halogens is 3. The average molecular weight is 357 g/mol. The Labute approximate surface area is 131 Å². The second kappa shape index (κ2) is 5.35. The molecule has 0 spiro atoms. The fourth-order valence-corrected chi connectivity index (χ4v) is 3.19. The number of anilines is 1. The maximum Gasteiger partial charge on any atom is 0.0552 e. The van der Waals surface area contributed by atoms with Gasteiger partial charge in [0.1, 0.15) is 0 Å². The summed E-state index contributed by atoms with van der Waals surface area (Å²) >= 11 is 15.7. The Morgan fingerprint density at radius 1 is 1.16 bits per heavy atom. The lowest BCUT2D eigenvalue weighted by Gasteiger charge is -2.28. The minimum Gasteiger partial charge on any atom is -0.378 e. The van der Waals surface area contributed by atoms with Gasteiger partial charge in [0.15, 0.2) is 0 Å². The van der Waals surface area contributed by atoms with Crippen molar-refractivity contribution < 1.29 is 0 Å². The minimum atomic E-state index is 0.305. The monoisotopic (exact) mass is 355 g/mol. The van der Waals surface area contributed by atoms with Gasteiger partial charge < -0.3 is 5.32 Å². The van der Waals surface area contributed by atoms with E-state index in [2.05, 4.69) is 27.3 Å². The Balaban J connectivity index is 1.92. The van der Waals surface area contributed by atoms with Crippen LogP contribution in [0.3, 0.4) is 0 Å². The molecule has 1 unspecified atom stereocenters. The molecule has 0 bridgehead atoms. The first kappa shape index (κ1) is 13.3. The van der Waals surface area contributed by atoms with Crippen LogP contribution in [-0.4, -0.2) is 0 Å². The molecule has 1 nitrogen and oxygen atoms in total. The van der Waals surface area contributed by atoms with Gasteiger partial charge in [-0.05, 0) is 64.2 Å². The number of nitrogens with one attached hydrogen (secondary N) is 1. The van der Waals surface area contributed by atoms with Crippen LogP contribution in [0.5, 0.6) is 0 Å². The molecule has 1 aliphatic rings. The third-order valence-corrected chi connectivity index (χ3v) is 4.86. The van der Waals surface area contributed by atoms with Gasteiger partial charge in [-0.3, -0.25) is 0 Å². The van der Waals surface area contributed by atoms with E-state index in [0.717, 1.165) is 33.0 Å². The fraction of sp³-hybridized carbons (Fsp3) is 0.200. The molecule has 0 aromatic heterocycles. The van der Waals surface area contributed by atoms with Crippen molar-refractivity contribution in [1.29, 1.82) is 0 Å². The summed E-state index contributed by atoms with van der Waals surface area (Å²) in [7, 11) is 0. The van der Waals surface area contributed by atoms with Gasteiger partial charge in [0.2, 0.25) is 0 Å². The molecule has 0 saturated heterocycles. The zero-order valence-corrected chi connectivity index (χ0v) is 13.2. The highest BCUT2D eigenvalue weighted by Crippen LogP contribution is 2.37. The molecule has 1 aliphatic heterocycles. The zero-order valence-electron chi connectivity index (χ0n) is 10.1. The third kappa shape index (κ3) is 2.76. The summed E-state index contributed by atoms with van der Waals surface area (Å²) in [5.41, 5.74) is 3.64. The molecule has 4 heteroatoms. The Morgan fingerprint density at radius 2 is 2.00 bits per heavy atom. The molecule has 3 rings (SSSR count). The summed E-state index contributed by atoms with van der Waals surface area (Å²) < 4.78 is 0.923. The van der Waals surface area contributed by atoms with Crippen molar-refractivity contribution >= 4 is 44.8 Å². The number of aryl methyl sites for hydroxylation is 1. The molecule has 0 radical (unpaired) electrons. The van der Waals surface area contributed by atoms with Crippen LogP contribution in [0.1, 0.15) is 23.6 Å². The highest BCUT2D eigenvalue weighted by molar-refractivity contribution is 9.10. The van der Waals surface area contributed by atoms with E-state index >= 15 is 0 Å². The van der Waals surface area contributed by atoms with E-state index in [9.17, 15) is 0 Å². The van der Waals surface area contributed by atoms with Gasteiger partial charge in [-0.25, -0.2) is 0 Å². The molecule has 1 atom stereocenters. The lowest BCUT2D eigenvalue weighted by atomic mass is 9.93. The quantitative estimate of drug-likeness (QED) is 0.675. The summed E-state index contributed by atoms with van der Waals surface area (Å²) in [6, 6.07) is 12.4. The molecule has 19 heavy (non-hydrogen) atoms. The largest absolute Gasteiger partial charge is 0.378 e. The van der Waals surface area contributed by atoms with Gasteiger partial charge in [0.05, 0.1) is 11.1 Å². The van der Waals surface area contributed by atoms with E-state index < -0.39 is 0 Å². The normalized spacial score (nSPS) is 17.7. The first-order valence-electron chi connectivity index (χ1n) is 6.13. The van der Waals surface area contributed by atoms with Crippen LogP contribution in [0.4, 0.5) is 5.69 Å². The van der Waals surface area contributed by atoms with E-state index in [4.69, 9.17) is 23.2 Å². The molecule has 0 fully saturated rings. The number of benzene rings is 2. The first-order valence-corrected chi connectivity index (χ1v) is 7.68. The molecule has 2 aromatic rings. The van der Waals surface area contributed by atoms with Crippen molar-refractivity contribution in [2.24, 2.45) is 0 Å². The summed E-state index contributed by atoms with van der Waals surface area (Å²) in [4.78, 5) is 0. The molecule has 2 aromatic carbocycles. The lowest BCUT2D eigenvalue weighted by Crippen LogP contribution is -2.18. The fourth-order valence-electron chi connectivity index (χ4n) is 2.46. The minimum absolute atomic E-state index is 0.305. The van der Waals surface area contributed by atoms with Gasteiger partial charge in [-0.1, -0.05) is 35.3 Å². The number of hydrogen-bond donors (Lipinski definition) is 1. The molecule has 1 N–H and O–H groups in total. The highest BCUT2D eigenvalue weighted by atomic mass is 79.9. The van der Waals surface area contributed by atoms with Crippen LogP contribution in [0.15, 0.2) is 40.9 Å². The predicted molar refractivity (Wildman–Crippen MR) is 85.3 cm³/mol. The molecular formula is C15H12BrCl2N. The van der Waals surface area contributed by atoms with Crippen molar-refractivity contribution in [3.63, 3.8) is 0 Å². The van der Waals surface area contributed by atoms with E-state index in [0.29, 0.717) is 6.04 Å². The number of hydrogen-bond acceptors (Lipinski definition) is 1. The molecule has 1 heterocycles. The third-order valence-electron chi connectivity index (χ3n) is 3.43. The summed E-state index contributed by atoms with van der Waals surface area (Å²) in [5, 5.41) is 5.11. The summed E-state index contributed by atoms with van der Waals surface area (Å²) in [6.45, 7) is 0. The van der Waals surface area contributed by atoms with E-state index in [1.54, 1.807) is 0 Å². The molecular weight excluding hydrogens is 345 g/mol. The van der Waals surface area contributed by atoms with E-state index in [-0.39, 0.29) is 0 Å². The van der Waals surface area contributed by atoms with Crippen LogP contribution in [-0.2, 0) is 6.42 Å². The van der Waals surface area contributed by atoms with Crippen LogP contribution in [0.2, 0.25) is 10.0 Å². The van der Waals surface area contributed by atoms with E-state index in [1.165, 1.54) is 11.1 Å². The van der Waals surface area contributed by atoms with Gasteiger partial charge in [0.25, 0.3) is 0 Å². The topological polar surface area (TPSA) is 12.0 Å². The summed E-state index contributed by atoms with van der Waals surface area (Å²) in [5.74, 6) is 0. The van der Waals surface area contributed by atoms with Gasteiger partial charge in [-0.2, -0.15) is 0 Å². The van der Waals surface area contributed by atoms with Crippen molar-refractivity contribution in [2.45, 2.75) is 18.9 Å². The highest BCUT2D eigenvalue weighted by Gasteiger charge is 2.20. The number of rotatable bonds is 1. The van der Waals surface area contributed by atoms with Crippen molar-refractivity contribution in [2.75, 3.05) is 5.32 Å². The molecule has 0 amide bonds. The Bertz CT molecular complexity index is 628. The molecule has 0 aliphatic carbocycles. The van der Waals surface area contributed by atoms with Crippen LogP contribution in [0.25, 0.3) is 0 Å². The molecule has 98 valence electrons. The van der Waals surface area contributed by atoms with Crippen LogP contribution >= 0.6 is 39.1 Å². The van der Waals surface area contributed by atoms with Crippen molar-refractivity contribution in [3.05, 3.63) is 62.0 Å². The average Bonchev–Trinajstić information content (AvgIpc) is 2.39. The van der Waals surface area contributed by atoms with Crippen LogP contribution in [0, 0.1) is 0 Å². The lowest BCUT2D eigenvalue weighted by molar-refractivity contribution is 0.668. The SMILES string of the molecule is Clc1cccc(C2CCc3cc(Cl)c(Br)cc3N2)c1. The maximum atomic E-state index is 6.13. The first-order chi connectivity index (χ1) is 9.13. The molecule has 0 saturated carbocycles. The maximum absolute atomic E-state index is 6.13. The van der Waals surface area contributed by atoms with E-state index in [1.807, 2.05) is 30.3 Å². The number of fused-ring (bicyclic) bond motifs is 1. The van der Waals surface area contributed by atoms with Crippen molar-refractivity contribution in [1.82, 2.24) is 0 Å². The second-order valence-electron chi connectivity index (χ2n) is 4.71. The Kier molecular flexibility index (Phi) is 3.75. The smallest absolute Gasteiger partial charge is 0.0552 e. The van der Waals surface area contributed by atoms with Gasteiger partial charge in [-0.15, -0.1) is 0 Å². The van der Waals surface area contributed by atoms with Gasteiger partial charge in [0, 0.05) is 15.2 Å². The Hall–Kier alpha value is -0.700. The van der Waals surface area contributed by atoms with Gasteiger partial charge >= 0.3 is 0 Å². The standard InChI is InChI=1S/C15H12BrCl2N/c16-12-8-15-10(7-13(12)18)4-5-14(19-15)9-2-1-3-11(17)6-9/h1-3,6-8,14,19H,4-5H2. The van der Waals surface area contributed by atoms with Crippen LogP contribution < -0.4 is 5.32 Å². The predicted octanol–water partition coefficient (Wildman–Crippen LogP) is 5.86. The second-order valence-corrected chi connectivity index (χ2v) is 6.41. The van der Waals surface area contributed by atoms with Crippen molar-refractivity contribution in [3.8, 4) is 0 Å². The Morgan fingerprint density at radius 3 is 2.79 bits per heavy atom.